The zero-order valence-electron chi connectivity index (χ0n) is 17.7. The lowest BCUT2D eigenvalue weighted by Crippen LogP contribution is -2.54. The zero-order valence-corrected chi connectivity index (χ0v) is 17.7. The van der Waals surface area contributed by atoms with Crippen LogP contribution in [0.4, 0.5) is 10.5 Å². The maximum atomic E-state index is 13.1. The fraction of sp³-hybridized carbons (Fsp3) is 0.0833. The third-order valence-electron chi connectivity index (χ3n) is 5.38. The molecular weight excluding hydrogens is 444 g/mol. The first-order valence-electron chi connectivity index (χ1n) is 10.1. The van der Waals surface area contributed by atoms with Gasteiger partial charge in [-0.25, -0.2) is 14.5 Å². The third kappa shape index (κ3) is 3.56. The molecule has 0 unspecified atom stereocenters. The van der Waals surface area contributed by atoms with Crippen LogP contribution in [0, 0.1) is 6.92 Å². The van der Waals surface area contributed by atoms with Gasteiger partial charge in [0, 0.05) is 11.6 Å². The number of ether oxygens (including phenoxy) is 2. The molecule has 3 heterocycles. The molecule has 2 aliphatic heterocycles. The molecule has 0 spiro atoms. The first kappa shape index (κ1) is 21.0. The number of aromatic carboxylic acids is 1. The van der Waals surface area contributed by atoms with Crippen LogP contribution >= 0.6 is 0 Å². The van der Waals surface area contributed by atoms with E-state index in [0.717, 1.165) is 10.5 Å². The maximum Gasteiger partial charge on any atom is 0.335 e. The topological polar surface area (TPSA) is 135 Å². The molecule has 2 N–H and O–H groups in total. The molecule has 2 aromatic carbocycles. The second kappa shape index (κ2) is 7.93. The van der Waals surface area contributed by atoms with Gasteiger partial charge >= 0.3 is 12.0 Å². The Bertz CT molecular complexity index is 1420. The smallest absolute Gasteiger partial charge is 0.335 e. The van der Waals surface area contributed by atoms with Crippen LogP contribution in [0.5, 0.6) is 11.5 Å². The Labute approximate surface area is 192 Å². The van der Waals surface area contributed by atoms with E-state index in [1.165, 1.54) is 36.4 Å². The van der Waals surface area contributed by atoms with Crippen molar-refractivity contribution in [3.8, 4) is 22.8 Å². The van der Waals surface area contributed by atoms with Crippen molar-refractivity contribution < 1.29 is 38.2 Å². The van der Waals surface area contributed by atoms with Crippen LogP contribution in [0.3, 0.4) is 0 Å². The number of hydrogen-bond acceptors (Lipinski definition) is 7. The summed E-state index contributed by atoms with van der Waals surface area (Å²) in [5, 5.41) is 11.4. The molecule has 1 fully saturated rings. The van der Waals surface area contributed by atoms with Crippen molar-refractivity contribution >= 4 is 35.6 Å². The quantitative estimate of drug-likeness (QED) is 0.447. The van der Waals surface area contributed by atoms with E-state index in [9.17, 15) is 24.3 Å². The summed E-state index contributed by atoms with van der Waals surface area (Å²) >= 11 is 0. The lowest BCUT2D eigenvalue weighted by atomic mass is 10.0. The molecule has 5 rings (SSSR count). The van der Waals surface area contributed by atoms with Crippen LogP contribution in [-0.2, 0) is 9.59 Å². The number of nitrogens with zero attached hydrogens (tertiary/aromatic N) is 1. The van der Waals surface area contributed by atoms with Crippen molar-refractivity contribution in [1.82, 2.24) is 5.32 Å². The fourth-order valence-corrected chi connectivity index (χ4v) is 3.65. The predicted molar refractivity (Wildman–Crippen MR) is 117 cm³/mol. The number of amides is 4. The molecule has 10 nitrogen and oxygen atoms in total. The monoisotopic (exact) mass is 460 g/mol. The third-order valence-corrected chi connectivity index (χ3v) is 5.38. The van der Waals surface area contributed by atoms with Gasteiger partial charge in [-0.2, -0.15) is 0 Å². The lowest BCUT2D eigenvalue weighted by molar-refractivity contribution is -0.122. The summed E-state index contributed by atoms with van der Waals surface area (Å²) in [6.07, 6.45) is 1.23. The minimum Gasteiger partial charge on any atom is -0.478 e. The van der Waals surface area contributed by atoms with Gasteiger partial charge in [-0.3, -0.25) is 14.9 Å². The molecule has 0 aliphatic carbocycles. The number of barbiturate groups is 1. The number of imide groups is 2. The summed E-state index contributed by atoms with van der Waals surface area (Å²) in [6, 6.07) is 11.4. The van der Waals surface area contributed by atoms with E-state index in [0.29, 0.717) is 22.8 Å². The number of hydrogen-bond donors (Lipinski definition) is 2. The molecule has 1 saturated heterocycles. The van der Waals surface area contributed by atoms with Gasteiger partial charge < -0.3 is 19.0 Å². The molecule has 4 amide bonds. The van der Waals surface area contributed by atoms with Gasteiger partial charge in [-0.1, -0.05) is 6.07 Å². The highest BCUT2D eigenvalue weighted by atomic mass is 16.7. The number of urea groups is 1. The van der Waals surface area contributed by atoms with Crippen molar-refractivity contribution in [2.24, 2.45) is 0 Å². The van der Waals surface area contributed by atoms with Crippen molar-refractivity contribution in [3.05, 3.63) is 71.0 Å². The highest BCUT2D eigenvalue weighted by Crippen LogP contribution is 2.36. The second-order valence-corrected chi connectivity index (χ2v) is 7.53. The Morgan fingerprint density at radius 2 is 1.82 bits per heavy atom. The van der Waals surface area contributed by atoms with Crippen molar-refractivity contribution in [1.29, 1.82) is 0 Å². The molecule has 0 atom stereocenters. The number of fused-ring (bicyclic) bond motifs is 1. The lowest BCUT2D eigenvalue weighted by Gasteiger charge is -2.26. The van der Waals surface area contributed by atoms with Crippen LogP contribution in [0.2, 0.25) is 0 Å². The zero-order chi connectivity index (χ0) is 24.0. The first-order valence-corrected chi connectivity index (χ1v) is 10.1. The van der Waals surface area contributed by atoms with Gasteiger partial charge in [-0.05, 0) is 55.0 Å². The average Bonchev–Trinajstić information content (AvgIpc) is 3.46. The first-order chi connectivity index (χ1) is 16.3. The number of nitrogens with one attached hydrogen (secondary N) is 1. The number of carboxylic acid groups (broad SMARTS) is 1. The fourth-order valence-electron chi connectivity index (χ4n) is 3.65. The van der Waals surface area contributed by atoms with E-state index >= 15 is 0 Å². The maximum absolute atomic E-state index is 13.1. The summed E-state index contributed by atoms with van der Waals surface area (Å²) in [4.78, 5) is 50.1. The molecule has 34 heavy (non-hydrogen) atoms. The standard InChI is InChI=1S/C24H16N2O8/c1-12-2-3-13(23(29)30)8-16(12)18-7-5-15(34-18)10-17-21(27)25-24(31)26(22(17)28)14-4-6-19-20(9-14)33-11-32-19/h2-10H,11H2,1H3,(H,29,30)(H,25,27,31)/b17-10+. The summed E-state index contributed by atoms with van der Waals surface area (Å²) in [5.41, 5.74) is 1.32. The van der Waals surface area contributed by atoms with Gasteiger partial charge in [0.25, 0.3) is 11.8 Å². The van der Waals surface area contributed by atoms with Crippen molar-refractivity contribution in [3.63, 3.8) is 0 Å². The second-order valence-electron chi connectivity index (χ2n) is 7.53. The average molecular weight is 460 g/mol. The van der Waals surface area contributed by atoms with Gasteiger partial charge in [0.2, 0.25) is 6.79 Å². The summed E-state index contributed by atoms with van der Waals surface area (Å²) in [6.45, 7) is 1.83. The Morgan fingerprint density at radius 1 is 1.03 bits per heavy atom. The van der Waals surface area contributed by atoms with E-state index in [-0.39, 0.29) is 29.4 Å². The number of carbonyl (C=O) groups is 4. The van der Waals surface area contributed by atoms with Gasteiger partial charge in [0.1, 0.15) is 17.1 Å². The van der Waals surface area contributed by atoms with Crippen LogP contribution in [0.15, 0.2) is 58.5 Å². The molecule has 0 radical (unpaired) electrons. The van der Waals surface area contributed by atoms with Gasteiger partial charge in [0.15, 0.2) is 11.5 Å². The number of benzene rings is 2. The molecule has 170 valence electrons. The minimum absolute atomic E-state index is 0.0260. The predicted octanol–water partition coefficient (Wildman–Crippen LogP) is 3.35. The normalized spacial score (nSPS) is 16.2. The van der Waals surface area contributed by atoms with E-state index in [2.05, 4.69) is 5.32 Å². The number of carbonyl (C=O) groups excluding carboxylic acids is 3. The van der Waals surface area contributed by atoms with Crippen LogP contribution < -0.4 is 19.7 Å². The van der Waals surface area contributed by atoms with Crippen LogP contribution in [0.25, 0.3) is 17.4 Å². The van der Waals surface area contributed by atoms with E-state index in [1.54, 1.807) is 25.1 Å². The molecule has 1 aromatic heterocycles. The number of furan rings is 1. The summed E-state index contributed by atoms with van der Waals surface area (Å²) in [7, 11) is 0. The molecule has 3 aromatic rings. The number of carboxylic acids is 1. The highest BCUT2D eigenvalue weighted by Gasteiger charge is 2.37. The highest BCUT2D eigenvalue weighted by molar-refractivity contribution is 6.39. The SMILES string of the molecule is Cc1ccc(C(=O)O)cc1-c1ccc(/C=C2\C(=O)NC(=O)N(c3ccc4c(c3)OCO4)C2=O)o1. The Balaban J connectivity index is 1.48. The largest absolute Gasteiger partial charge is 0.478 e. The van der Waals surface area contributed by atoms with E-state index in [4.69, 9.17) is 13.9 Å². The van der Waals surface area contributed by atoms with Crippen LogP contribution in [0.1, 0.15) is 21.7 Å². The van der Waals surface area contributed by atoms with E-state index < -0.39 is 23.8 Å². The summed E-state index contributed by atoms with van der Waals surface area (Å²) in [5.74, 6) is -1.40. The van der Waals surface area contributed by atoms with Gasteiger partial charge in [-0.15, -0.1) is 0 Å². The number of aryl methyl sites for hydroxylation is 1. The molecule has 2 aliphatic rings. The van der Waals surface area contributed by atoms with Crippen molar-refractivity contribution in [2.45, 2.75) is 6.92 Å². The number of rotatable bonds is 4. The van der Waals surface area contributed by atoms with Crippen molar-refractivity contribution in [2.75, 3.05) is 11.7 Å². The Hall–Kier alpha value is -4.86. The molecule has 10 heteroatoms. The molecular formula is C24H16N2O8. The molecule has 0 bridgehead atoms. The Kier molecular flexibility index (Phi) is 4.90. The van der Waals surface area contributed by atoms with E-state index in [1.807, 2.05) is 0 Å². The van der Waals surface area contributed by atoms with Crippen LogP contribution in [-0.4, -0.2) is 35.7 Å². The number of anilines is 1. The minimum atomic E-state index is -1.08. The Morgan fingerprint density at radius 3 is 2.62 bits per heavy atom. The summed E-state index contributed by atoms with van der Waals surface area (Å²) < 4.78 is 16.3. The molecule has 0 saturated carbocycles. The van der Waals surface area contributed by atoms with Gasteiger partial charge in [0.05, 0.1) is 11.3 Å².